The minimum absolute atomic E-state index is 0.0579. The van der Waals surface area contributed by atoms with Crippen LogP contribution >= 0.6 is 0 Å². The van der Waals surface area contributed by atoms with Crippen molar-refractivity contribution in [2.45, 2.75) is 25.4 Å². The van der Waals surface area contributed by atoms with Gasteiger partial charge >= 0.3 is 6.03 Å². The van der Waals surface area contributed by atoms with Crippen LogP contribution in [0.1, 0.15) is 28.8 Å². The first-order valence-corrected chi connectivity index (χ1v) is 10.6. The van der Waals surface area contributed by atoms with Crippen molar-refractivity contribution in [2.24, 2.45) is 0 Å². The Morgan fingerprint density at radius 1 is 0.968 bits per heavy atom. The van der Waals surface area contributed by atoms with Gasteiger partial charge in [0.05, 0.1) is 7.11 Å². The van der Waals surface area contributed by atoms with E-state index < -0.39 is 0 Å². The number of amides is 3. The van der Waals surface area contributed by atoms with E-state index in [0.29, 0.717) is 25.2 Å². The van der Waals surface area contributed by atoms with E-state index in [1.54, 1.807) is 19.2 Å². The van der Waals surface area contributed by atoms with Crippen LogP contribution in [0.4, 0.5) is 4.79 Å². The lowest BCUT2D eigenvalue weighted by molar-refractivity contribution is 0.0918. The first-order valence-electron chi connectivity index (χ1n) is 10.6. The van der Waals surface area contributed by atoms with Crippen molar-refractivity contribution in [1.29, 1.82) is 0 Å². The summed E-state index contributed by atoms with van der Waals surface area (Å²) in [7, 11) is 1.66. The number of benzene rings is 3. The molecule has 0 aromatic heterocycles. The van der Waals surface area contributed by atoms with Gasteiger partial charge in [-0.2, -0.15) is 0 Å². The normalized spacial score (nSPS) is 14.3. The second-order valence-corrected chi connectivity index (χ2v) is 7.81. The molecule has 1 aliphatic rings. The molecule has 3 amide bonds. The fraction of sp³-hybridized carbons (Fsp3) is 0.280. The third kappa shape index (κ3) is 5.15. The largest absolute Gasteiger partial charge is 0.497 e. The number of rotatable bonds is 5. The molecular weight excluding hydrogens is 390 g/mol. The molecule has 6 heteroatoms. The zero-order chi connectivity index (χ0) is 21.6. The number of methoxy groups -OCH3 is 1. The lowest BCUT2D eigenvalue weighted by Crippen LogP contribution is -2.49. The first kappa shape index (κ1) is 20.7. The van der Waals surface area contributed by atoms with Gasteiger partial charge in [0.15, 0.2) is 0 Å². The molecule has 1 aliphatic heterocycles. The molecule has 0 saturated carbocycles. The first-order chi connectivity index (χ1) is 15.1. The smallest absolute Gasteiger partial charge is 0.317 e. The van der Waals surface area contributed by atoms with Crippen LogP contribution in [0.5, 0.6) is 5.75 Å². The second kappa shape index (κ2) is 9.51. The summed E-state index contributed by atoms with van der Waals surface area (Å²) in [5.41, 5.74) is 1.72. The van der Waals surface area contributed by atoms with Crippen LogP contribution in [-0.2, 0) is 6.54 Å². The van der Waals surface area contributed by atoms with Crippen LogP contribution in [0.25, 0.3) is 10.8 Å². The summed E-state index contributed by atoms with van der Waals surface area (Å²) in [6.07, 6.45) is 1.51. The summed E-state index contributed by atoms with van der Waals surface area (Å²) in [5.74, 6) is 0.773. The van der Waals surface area contributed by atoms with Gasteiger partial charge in [-0.1, -0.05) is 36.4 Å². The average Bonchev–Trinajstić information content (AvgIpc) is 2.83. The summed E-state index contributed by atoms with van der Waals surface area (Å²) in [5, 5.41) is 8.30. The van der Waals surface area contributed by atoms with E-state index >= 15 is 0 Å². The van der Waals surface area contributed by atoms with Gasteiger partial charge in [-0.25, -0.2) is 4.79 Å². The number of likely N-dealkylation sites (tertiary alicyclic amines) is 1. The fourth-order valence-electron chi connectivity index (χ4n) is 3.88. The van der Waals surface area contributed by atoms with Crippen LogP contribution in [0.2, 0.25) is 0 Å². The van der Waals surface area contributed by atoms with E-state index in [-0.39, 0.29) is 18.0 Å². The summed E-state index contributed by atoms with van der Waals surface area (Å²) in [6.45, 7) is 1.73. The highest BCUT2D eigenvalue weighted by Gasteiger charge is 2.24. The number of ether oxygens (including phenoxy) is 1. The van der Waals surface area contributed by atoms with E-state index in [2.05, 4.69) is 16.7 Å². The molecule has 2 N–H and O–H groups in total. The number of hydrogen-bond acceptors (Lipinski definition) is 3. The standard InChI is InChI=1S/C25H27N3O3/c1-31-23-10-9-20-15-18(7-8-21(20)16-23)17-26-25(30)28-13-11-22(12-14-28)27-24(29)19-5-3-2-4-6-19/h2-10,15-16,22H,11-14,17H2,1H3,(H,26,30)(H,27,29). The van der Waals surface area contributed by atoms with E-state index in [1.807, 2.05) is 53.4 Å². The summed E-state index contributed by atoms with van der Waals surface area (Å²) in [6, 6.07) is 21.3. The van der Waals surface area contributed by atoms with Crippen LogP contribution in [-0.4, -0.2) is 43.1 Å². The molecular formula is C25H27N3O3. The third-order valence-corrected chi connectivity index (χ3v) is 5.71. The van der Waals surface area contributed by atoms with Crippen molar-refractivity contribution in [3.05, 3.63) is 77.9 Å². The van der Waals surface area contributed by atoms with E-state index in [1.165, 1.54) is 0 Å². The van der Waals surface area contributed by atoms with Gasteiger partial charge < -0.3 is 20.3 Å². The van der Waals surface area contributed by atoms with Gasteiger partial charge in [-0.15, -0.1) is 0 Å². The quantitative estimate of drug-likeness (QED) is 0.660. The monoisotopic (exact) mass is 417 g/mol. The lowest BCUT2D eigenvalue weighted by atomic mass is 10.0. The van der Waals surface area contributed by atoms with Gasteiger partial charge in [0.25, 0.3) is 5.91 Å². The Bertz CT molecular complexity index is 1060. The highest BCUT2D eigenvalue weighted by Crippen LogP contribution is 2.22. The molecule has 0 bridgehead atoms. The molecule has 1 fully saturated rings. The van der Waals surface area contributed by atoms with Gasteiger partial charge in [0, 0.05) is 31.2 Å². The molecule has 31 heavy (non-hydrogen) atoms. The summed E-state index contributed by atoms with van der Waals surface area (Å²) < 4.78 is 5.26. The molecule has 3 aromatic carbocycles. The molecule has 4 rings (SSSR count). The van der Waals surface area contributed by atoms with Crippen molar-refractivity contribution < 1.29 is 14.3 Å². The molecule has 0 spiro atoms. The maximum absolute atomic E-state index is 12.6. The zero-order valence-corrected chi connectivity index (χ0v) is 17.6. The molecule has 0 aliphatic carbocycles. The predicted molar refractivity (Wildman–Crippen MR) is 121 cm³/mol. The molecule has 6 nitrogen and oxygen atoms in total. The van der Waals surface area contributed by atoms with Gasteiger partial charge in [-0.3, -0.25) is 4.79 Å². The lowest BCUT2D eigenvalue weighted by Gasteiger charge is -2.32. The Labute approximate surface area is 182 Å². The Morgan fingerprint density at radius 3 is 2.42 bits per heavy atom. The number of piperidine rings is 1. The van der Waals surface area contributed by atoms with Crippen LogP contribution in [0, 0.1) is 0 Å². The number of carbonyl (C=O) groups excluding carboxylic acids is 2. The van der Waals surface area contributed by atoms with Gasteiger partial charge in [-0.05, 0) is 59.5 Å². The maximum atomic E-state index is 12.6. The van der Waals surface area contributed by atoms with Gasteiger partial charge in [0.1, 0.15) is 5.75 Å². The SMILES string of the molecule is COc1ccc2cc(CNC(=O)N3CCC(NC(=O)c4ccccc4)CC3)ccc2c1. The highest BCUT2D eigenvalue weighted by atomic mass is 16.5. The number of hydrogen-bond donors (Lipinski definition) is 2. The average molecular weight is 418 g/mol. The topological polar surface area (TPSA) is 70.7 Å². The van der Waals surface area contributed by atoms with Crippen molar-refractivity contribution in [2.75, 3.05) is 20.2 Å². The molecule has 3 aromatic rings. The zero-order valence-electron chi connectivity index (χ0n) is 17.6. The Morgan fingerprint density at radius 2 is 1.68 bits per heavy atom. The van der Waals surface area contributed by atoms with Crippen LogP contribution in [0.15, 0.2) is 66.7 Å². The third-order valence-electron chi connectivity index (χ3n) is 5.71. The molecule has 0 atom stereocenters. The summed E-state index contributed by atoms with van der Waals surface area (Å²) in [4.78, 5) is 26.7. The Kier molecular flexibility index (Phi) is 6.36. The van der Waals surface area contributed by atoms with Crippen molar-refractivity contribution in [3.8, 4) is 5.75 Å². The highest BCUT2D eigenvalue weighted by molar-refractivity contribution is 5.94. The molecule has 160 valence electrons. The molecule has 0 unspecified atom stereocenters. The molecule has 0 radical (unpaired) electrons. The predicted octanol–water partition coefficient (Wildman–Crippen LogP) is 3.95. The van der Waals surface area contributed by atoms with Crippen LogP contribution in [0.3, 0.4) is 0 Å². The van der Waals surface area contributed by atoms with Crippen molar-refractivity contribution in [3.63, 3.8) is 0 Å². The van der Waals surface area contributed by atoms with Crippen molar-refractivity contribution in [1.82, 2.24) is 15.5 Å². The molecule has 1 heterocycles. The Hall–Kier alpha value is -3.54. The molecule has 1 saturated heterocycles. The minimum atomic E-state index is -0.0670. The fourth-order valence-corrected chi connectivity index (χ4v) is 3.88. The second-order valence-electron chi connectivity index (χ2n) is 7.81. The number of nitrogens with zero attached hydrogens (tertiary/aromatic N) is 1. The summed E-state index contributed by atoms with van der Waals surface area (Å²) >= 11 is 0. The van der Waals surface area contributed by atoms with E-state index in [4.69, 9.17) is 4.74 Å². The van der Waals surface area contributed by atoms with E-state index in [9.17, 15) is 9.59 Å². The number of urea groups is 1. The minimum Gasteiger partial charge on any atom is -0.497 e. The van der Waals surface area contributed by atoms with Gasteiger partial charge in [0.2, 0.25) is 0 Å². The number of fused-ring (bicyclic) bond motifs is 1. The van der Waals surface area contributed by atoms with Crippen LogP contribution < -0.4 is 15.4 Å². The maximum Gasteiger partial charge on any atom is 0.317 e. The van der Waals surface area contributed by atoms with Crippen molar-refractivity contribution >= 4 is 22.7 Å². The Balaban J connectivity index is 1.25. The number of nitrogens with one attached hydrogen (secondary N) is 2. The number of carbonyl (C=O) groups is 2. The van der Waals surface area contributed by atoms with E-state index in [0.717, 1.165) is 34.9 Å².